The lowest BCUT2D eigenvalue weighted by Gasteiger charge is -2.17. The van der Waals surface area contributed by atoms with Gasteiger partial charge >= 0.3 is 0 Å². The Hall–Kier alpha value is -0.980. The first-order valence-electron chi connectivity index (χ1n) is 5.90. The molecule has 0 bridgehead atoms. The normalized spacial score (nSPS) is 12.9. The second-order valence-electron chi connectivity index (χ2n) is 3.83. The highest BCUT2D eigenvalue weighted by atomic mass is 16.5. The summed E-state index contributed by atoms with van der Waals surface area (Å²) in [7, 11) is 3.57. The Kier molecular flexibility index (Phi) is 6.76. The van der Waals surface area contributed by atoms with E-state index in [9.17, 15) is 0 Å². The van der Waals surface area contributed by atoms with Crippen LogP contribution in [0.25, 0.3) is 0 Å². The predicted octanol–water partition coefficient (Wildman–Crippen LogP) is -0.00130. The van der Waals surface area contributed by atoms with Gasteiger partial charge in [0.1, 0.15) is 12.2 Å². The third-order valence-corrected chi connectivity index (χ3v) is 2.48. The number of nitrogens with one attached hydrogen (secondary N) is 1. The van der Waals surface area contributed by atoms with E-state index < -0.39 is 0 Å². The van der Waals surface area contributed by atoms with Crippen molar-refractivity contribution in [2.45, 2.75) is 19.4 Å². The predicted molar refractivity (Wildman–Crippen MR) is 64.9 cm³/mol. The molecule has 6 heteroatoms. The van der Waals surface area contributed by atoms with E-state index in [1.807, 2.05) is 7.05 Å². The van der Waals surface area contributed by atoms with Crippen LogP contribution in [0.1, 0.15) is 12.7 Å². The van der Waals surface area contributed by atoms with Gasteiger partial charge < -0.3 is 14.8 Å². The van der Waals surface area contributed by atoms with Crippen molar-refractivity contribution in [2.24, 2.45) is 7.05 Å². The Morgan fingerprint density at radius 3 is 2.88 bits per heavy atom. The summed E-state index contributed by atoms with van der Waals surface area (Å²) in [5, 5.41) is 7.43. The van der Waals surface area contributed by atoms with E-state index in [1.165, 1.54) is 0 Å². The Morgan fingerprint density at radius 2 is 2.29 bits per heavy atom. The van der Waals surface area contributed by atoms with Crippen LogP contribution < -0.4 is 5.32 Å². The molecule has 0 aliphatic heterocycles. The van der Waals surface area contributed by atoms with Gasteiger partial charge in [-0.25, -0.2) is 4.98 Å². The Morgan fingerprint density at radius 1 is 1.47 bits per heavy atom. The first kappa shape index (κ1) is 14.1. The molecule has 0 saturated carbocycles. The van der Waals surface area contributed by atoms with Crippen LogP contribution in [-0.2, 0) is 22.9 Å². The molecule has 1 atom stereocenters. The second-order valence-corrected chi connectivity index (χ2v) is 3.83. The standard InChI is InChI=1S/C11H22N4O2/c1-4-12-10(8-17-6-5-16-3)7-11-13-9-14-15(11)2/h9-10,12H,4-8H2,1-3H3. The lowest BCUT2D eigenvalue weighted by molar-refractivity contribution is 0.0586. The quantitative estimate of drug-likeness (QED) is 0.618. The average Bonchev–Trinajstić information content (AvgIpc) is 2.71. The zero-order valence-corrected chi connectivity index (χ0v) is 10.8. The summed E-state index contributed by atoms with van der Waals surface area (Å²) < 4.78 is 12.3. The van der Waals surface area contributed by atoms with E-state index >= 15 is 0 Å². The fourth-order valence-corrected chi connectivity index (χ4v) is 1.57. The Bertz CT molecular complexity index is 303. The summed E-state index contributed by atoms with van der Waals surface area (Å²) in [6.07, 6.45) is 2.39. The zero-order valence-electron chi connectivity index (χ0n) is 10.8. The second kappa shape index (κ2) is 8.16. The van der Waals surface area contributed by atoms with E-state index in [0.717, 1.165) is 18.8 Å². The van der Waals surface area contributed by atoms with Gasteiger partial charge in [-0.1, -0.05) is 6.92 Å². The number of aryl methyl sites for hydroxylation is 1. The van der Waals surface area contributed by atoms with Crippen LogP contribution in [0.2, 0.25) is 0 Å². The molecule has 17 heavy (non-hydrogen) atoms. The van der Waals surface area contributed by atoms with Crippen LogP contribution in [0.15, 0.2) is 6.33 Å². The smallest absolute Gasteiger partial charge is 0.138 e. The monoisotopic (exact) mass is 242 g/mol. The third kappa shape index (κ3) is 5.25. The van der Waals surface area contributed by atoms with Crippen LogP contribution in [0.3, 0.4) is 0 Å². The number of rotatable bonds is 9. The molecule has 6 nitrogen and oxygen atoms in total. The largest absolute Gasteiger partial charge is 0.382 e. The number of hydrogen-bond donors (Lipinski definition) is 1. The molecule has 0 fully saturated rings. The molecule has 1 rings (SSSR count). The fourth-order valence-electron chi connectivity index (χ4n) is 1.57. The van der Waals surface area contributed by atoms with E-state index in [0.29, 0.717) is 19.8 Å². The summed E-state index contributed by atoms with van der Waals surface area (Å²) >= 11 is 0. The molecule has 98 valence electrons. The maximum absolute atomic E-state index is 5.53. The van der Waals surface area contributed by atoms with Gasteiger partial charge in [-0.05, 0) is 6.54 Å². The molecular formula is C11H22N4O2. The fraction of sp³-hybridized carbons (Fsp3) is 0.818. The number of hydrogen-bond acceptors (Lipinski definition) is 5. The van der Waals surface area contributed by atoms with Crippen LogP contribution in [0.5, 0.6) is 0 Å². The lowest BCUT2D eigenvalue weighted by Crippen LogP contribution is -2.36. The van der Waals surface area contributed by atoms with Gasteiger partial charge in [0.15, 0.2) is 0 Å². The van der Waals surface area contributed by atoms with Crippen molar-refractivity contribution in [2.75, 3.05) is 33.5 Å². The molecule has 0 aliphatic carbocycles. The van der Waals surface area contributed by atoms with Crippen molar-refractivity contribution in [3.8, 4) is 0 Å². The van der Waals surface area contributed by atoms with E-state index in [4.69, 9.17) is 9.47 Å². The summed E-state index contributed by atoms with van der Waals surface area (Å²) in [6.45, 7) is 4.90. The van der Waals surface area contributed by atoms with Crippen molar-refractivity contribution in [3.05, 3.63) is 12.2 Å². The van der Waals surface area contributed by atoms with Crippen molar-refractivity contribution >= 4 is 0 Å². The molecule has 1 aromatic rings. The molecule has 1 aromatic heterocycles. The van der Waals surface area contributed by atoms with Gasteiger partial charge in [0, 0.05) is 26.6 Å². The molecular weight excluding hydrogens is 220 g/mol. The van der Waals surface area contributed by atoms with Gasteiger partial charge in [0.05, 0.1) is 19.8 Å². The SMILES string of the molecule is CCNC(COCCOC)Cc1ncnn1C. The zero-order chi connectivity index (χ0) is 12.5. The topological polar surface area (TPSA) is 61.2 Å². The molecule has 0 amide bonds. The Labute approximate surface area is 102 Å². The molecule has 1 N–H and O–H groups in total. The maximum Gasteiger partial charge on any atom is 0.138 e. The molecule has 0 spiro atoms. The van der Waals surface area contributed by atoms with Crippen molar-refractivity contribution in [3.63, 3.8) is 0 Å². The maximum atomic E-state index is 5.53. The summed E-state index contributed by atoms with van der Waals surface area (Å²) in [4.78, 5) is 4.21. The number of likely N-dealkylation sites (N-methyl/N-ethyl adjacent to an activating group) is 1. The highest BCUT2D eigenvalue weighted by Crippen LogP contribution is 1.99. The molecule has 1 unspecified atom stereocenters. The van der Waals surface area contributed by atoms with E-state index in [2.05, 4.69) is 22.3 Å². The van der Waals surface area contributed by atoms with Crippen molar-refractivity contribution < 1.29 is 9.47 Å². The van der Waals surface area contributed by atoms with E-state index in [-0.39, 0.29) is 6.04 Å². The van der Waals surface area contributed by atoms with Gasteiger partial charge in [0.25, 0.3) is 0 Å². The molecule has 0 aliphatic rings. The van der Waals surface area contributed by atoms with Gasteiger partial charge in [-0.2, -0.15) is 5.10 Å². The van der Waals surface area contributed by atoms with Crippen molar-refractivity contribution in [1.29, 1.82) is 0 Å². The minimum atomic E-state index is 0.264. The van der Waals surface area contributed by atoms with Gasteiger partial charge in [-0.15, -0.1) is 0 Å². The van der Waals surface area contributed by atoms with E-state index in [1.54, 1.807) is 18.1 Å². The first-order valence-corrected chi connectivity index (χ1v) is 5.90. The Balaban J connectivity index is 2.35. The molecule has 0 aromatic carbocycles. The van der Waals surface area contributed by atoms with Crippen LogP contribution in [0.4, 0.5) is 0 Å². The van der Waals surface area contributed by atoms with Crippen molar-refractivity contribution in [1.82, 2.24) is 20.1 Å². The minimum absolute atomic E-state index is 0.264. The third-order valence-electron chi connectivity index (χ3n) is 2.48. The lowest BCUT2D eigenvalue weighted by atomic mass is 10.2. The molecule has 0 radical (unpaired) electrons. The van der Waals surface area contributed by atoms with Crippen LogP contribution >= 0.6 is 0 Å². The summed E-state index contributed by atoms with van der Waals surface area (Å²) in [6, 6.07) is 0.264. The highest BCUT2D eigenvalue weighted by Gasteiger charge is 2.11. The number of ether oxygens (including phenoxy) is 2. The number of aromatic nitrogens is 3. The first-order chi connectivity index (χ1) is 8.27. The minimum Gasteiger partial charge on any atom is -0.382 e. The molecule has 0 saturated heterocycles. The molecule has 1 heterocycles. The average molecular weight is 242 g/mol. The van der Waals surface area contributed by atoms with Crippen LogP contribution in [0, 0.1) is 0 Å². The van der Waals surface area contributed by atoms with Gasteiger partial charge in [0.2, 0.25) is 0 Å². The van der Waals surface area contributed by atoms with Crippen LogP contribution in [-0.4, -0.2) is 54.3 Å². The summed E-state index contributed by atoms with van der Waals surface area (Å²) in [5.41, 5.74) is 0. The van der Waals surface area contributed by atoms with Gasteiger partial charge in [-0.3, -0.25) is 4.68 Å². The highest BCUT2D eigenvalue weighted by molar-refractivity contribution is 4.88. The number of nitrogens with zero attached hydrogens (tertiary/aromatic N) is 3. The summed E-state index contributed by atoms with van der Waals surface area (Å²) in [5.74, 6) is 0.964. The number of methoxy groups -OCH3 is 1.